The van der Waals surface area contributed by atoms with E-state index in [1.54, 1.807) is 42.5 Å². The normalized spacial score (nSPS) is 13.9. The number of amides is 2. The fourth-order valence-electron chi connectivity index (χ4n) is 3.17. The van der Waals surface area contributed by atoms with Crippen LogP contribution in [0.4, 0.5) is 5.69 Å². The lowest BCUT2D eigenvalue weighted by Gasteiger charge is -2.18. The number of thioether (sulfide) groups is 1. The van der Waals surface area contributed by atoms with Crippen molar-refractivity contribution in [3.63, 3.8) is 0 Å². The summed E-state index contributed by atoms with van der Waals surface area (Å²) >= 11 is 13.7. The summed E-state index contributed by atoms with van der Waals surface area (Å²) in [6.07, 6.45) is 0. The number of hydrogen-bond acceptors (Lipinski definition) is 4. The molecule has 0 N–H and O–H groups in total. The Morgan fingerprint density at radius 3 is 2.27 bits per heavy atom. The molecule has 4 nitrogen and oxygen atoms in total. The van der Waals surface area contributed by atoms with Crippen molar-refractivity contribution in [1.82, 2.24) is 0 Å². The molecule has 7 heteroatoms. The minimum Gasteiger partial charge on any atom is -0.495 e. The average Bonchev–Trinajstić information content (AvgIpc) is 2.98. The van der Waals surface area contributed by atoms with Gasteiger partial charge in [0.05, 0.1) is 28.3 Å². The van der Waals surface area contributed by atoms with E-state index in [1.165, 1.54) is 18.9 Å². The number of imide groups is 1. The molecule has 1 heterocycles. The number of benzene rings is 3. The van der Waals surface area contributed by atoms with Crippen LogP contribution >= 0.6 is 35.0 Å². The first-order chi connectivity index (χ1) is 14.5. The van der Waals surface area contributed by atoms with Gasteiger partial charge >= 0.3 is 0 Å². The maximum Gasteiger partial charge on any atom is 0.273 e. The molecule has 0 aliphatic carbocycles. The van der Waals surface area contributed by atoms with Crippen LogP contribution in [0.15, 0.2) is 82.6 Å². The highest BCUT2D eigenvalue weighted by Crippen LogP contribution is 2.44. The predicted molar refractivity (Wildman–Crippen MR) is 121 cm³/mol. The summed E-state index contributed by atoms with van der Waals surface area (Å²) in [5, 5.41) is 0.742. The molecule has 0 aromatic heterocycles. The Bertz CT molecular complexity index is 1180. The number of carbonyl (C=O) groups excluding carboxylic acids is 2. The third-order valence-electron chi connectivity index (χ3n) is 4.53. The van der Waals surface area contributed by atoms with Gasteiger partial charge in [0.15, 0.2) is 0 Å². The van der Waals surface area contributed by atoms with Crippen LogP contribution < -0.4 is 9.64 Å². The topological polar surface area (TPSA) is 46.6 Å². The Balaban J connectivity index is 1.88. The summed E-state index contributed by atoms with van der Waals surface area (Å²) in [6.45, 7) is 0. The number of ether oxygens (including phenoxy) is 1. The summed E-state index contributed by atoms with van der Waals surface area (Å²) < 4.78 is 5.37. The van der Waals surface area contributed by atoms with Crippen molar-refractivity contribution in [2.75, 3.05) is 12.0 Å². The van der Waals surface area contributed by atoms with Crippen molar-refractivity contribution in [1.29, 1.82) is 0 Å². The molecule has 3 aromatic rings. The second-order valence-corrected chi connectivity index (χ2v) is 8.29. The molecule has 150 valence electrons. The van der Waals surface area contributed by atoms with E-state index in [0.717, 1.165) is 9.80 Å². The lowest BCUT2D eigenvalue weighted by atomic mass is 10.1. The number of hydrogen-bond donors (Lipinski definition) is 0. The first kappa shape index (κ1) is 20.5. The van der Waals surface area contributed by atoms with Gasteiger partial charge in [-0.15, -0.1) is 0 Å². The van der Waals surface area contributed by atoms with Crippen LogP contribution in [-0.4, -0.2) is 18.9 Å². The molecule has 3 aromatic carbocycles. The number of methoxy groups -OCH3 is 1. The van der Waals surface area contributed by atoms with Gasteiger partial charge in [0.2, 0.25) is 0 Å². The standard InChI is InChI=1S/C23H15Cl2NO3S/c1-29-19-10-6-5-9-18(19)26-22(27)20(16-12-11-14(24)13-17(16)25)21(23(26)28)30-15-7-3-2-4-8-15/h2-13H,1H3. The Hall–Kier alpha value is -2.73. The van der Waals surface area contributed by atoms with E-state index in [4.69, 9.17) is 27.9 Å². The van der Waals surface area contributed by atoms with Gasteiger partial charge in [-0.05, 0) is 36.4 Å². The molecule has 0 bridgehead atoms. The van der Waals surface area contributed by atoms with Crippen molar-refractivity contribution in [3.05, 3.63) is 93.3 Å². The van der Waals surface area contributed by atoms with Crippen molar-refractivity contribution in [2.24, 2.45) is 0 Å². The van der Waals surface area contributed by atoms with Crippen LogP contribution in [0, 0.1) is 0 Å². The summed E-state index contributed by atoms with van der Waals surface area (Å²) in [7, 11) is 1.49. The Labute approximate surface area is 188 Å². The molecule has 4 rings (SSSR count). The fraction of sp³-hybridized carbons (Fsp3) is 0.0435. The van der Waals surface area contributed by atoms with Gasteiger partial charge in [0.1, 0.15) is 5.75 Å². The smallest absolute Gasteiger partial charge is 0.273 e. The van der Waals surface area contributed by atoms with Crippen molar-refractivity contribution in [3.8, 4) is 5.75 Å². The number of rotatable bonds is 5. The lowest BCUT2D eigenvalue weighted by Crippen LogP contribution is -2.31. The average molecular weight is 456 g/mol. The molecule has 0 saturated heterocycles. The first-order valence-electron chi connectivity index (χ1n) is 8.95. The molecule has 0 radical (unpaired) electrons. The largest absolute Gasteiger partial charge is 0.495 e. The maximum atomic E-state index is 13.5. The van der Waals surface area contributed by atoms with Crippen molar-refractivity contribution in [2.45, 2.75) is 4.90 Å². The van der Waals surface area contributed by atoms with E-state index >= 15 is 0 Å². The third kappa shape index (κ3) is 3.72. The van der Waals surface area contributed by atoms with Crippen LogP contribution in [0.25, 0.3) is 5.57 Å². The van der Waals surface area contributed by atoms with Gasteiger partial charge in [-0.1, -0.05) is 71.4 Å². The molecule has 1 aliphatic heterocycles. The van der Waals surface area contributed by atoms with E-state index in [1.807, 2.05) is 30.3 Å². The third-order valence-corrected chi connectivity index (χ3v) is 6.17. The van der Waals surface area contributed by atoms with Crippen LogP contribution in [0.2, 0.25) is 10.0 Å². The zero-order valence-corrected chi connectivity index (χ0v) is 18.1. The highest BCUT2D eigenvalue weighted by molar-refractivity contribution is 8.04. The molecular weight excluding hydrogens is 441 g/mol. The predicted octanol–water partition coefficient (Wildman–Crippen LogP) is 6.08. The minimum atomic E-state index is -0.466. The second kappa shape index (κ2) is 8.56. The Kier molecular flexibility index (Phi) is 5.86. The number of carbonyl (C=O) groups is 2. The number of para-hydroxylation sites is 2. The minimum absolute atomic E-state index is 0.237. The van der Waals surface area contributed by atoms with Crippen molar-refractivity contribution < 1.29 is 14.3 Å². The molecule has 0 spiro atoms. The molecule has 0 atom stereocenters. The summed E-state index contributed by atoms with van der Waals surface area (Å²) in [5.41, 5.74) is 1.07. The highest BCUT2D eigenvalue weighted by Gasteiger charge is 2.42. The Morgan fingerprint density at radius 1 is 0.867 bits per heavy atom. The molecule has 2 amide bonds. The second-order valence-electron chi connectivity index (χ2n) is 6.36. The lowest BCUT2D eigenvalue weighted by molar-refractivity contribution is -0.119. The van der Waals surface area contributed by atoms with E-state index in [-0.39, 0.29) is 5.57 Å². The number of anilines is 1. The van der Waals surface area contributed by atoms with Crippen LogP contribution in [0.3, 0.4) is 0 Å². The van der Waals surface area contributed by atoms with Gasteiger partial charge < -0.3 is 4.74 Å². The summed E-state index contributed by atoms with van der Waals surface area (Å²) in [4.78, 5) is 29.2. The molecule has 0 saturated carbocycles. The maximum absolute atomic E-state index is 13.5. The zero-order chi connectivity index (χ0) is 21.3. The molecule has 0 fully saturated rings. The quantitative estimate of drug-likeness (QED) is 0.437. The summed E-state index contributed by atoms with van der Waals surface area (Å²) in [6, 6.07) is 21.1. The number of halogens is 2. The monoisotopic (exact) mass is 455 g/mol. The Morgan fingerprint density at radius 2 is 1.57 bits per heavy atom. The molecule has 1 aliphatic rings. The van der Waals surface area contributed by atoms with Crippen LogP contribution in [0.1, 0.15) is 5.56 Å². The van der Waals surface area contributed by atoms with Gasteiger partial charge in [0.25, 0.3) is 11.8 Å². The summed E-state index contributed by atoms with van der Waals surface area (Å²) in [5.74, 6) is -0.474. The number of nitrogens with zero attached hydrogens (tertiary/aromatic N) is 1. The first-order valence-corrected chi connectivity index (χ1v) is 10.5. The van der Waals surface area contributed by atoms with E-state index in [0.29, 0.717) is 32.0 Å². The molecule has 30 heavy (non-hydrogen) atoms. The van der Waals surface area contributed by atoms with Crippen LogP contribution in [-0.2, 0) is 9.59 Å². The van der Waals surface area contributed by atoms with E-state index in [9.17, 15) is 9.59 Å². The van der Waals surface area contributed by atoms with E-state index < -0.39 is 11.8 Å². The van der Waals surface area contributed by atoms with Gasteiger partial charge in [-0.3, -0.25) is 9.59 Å². The van der Waals surface area contributed by atoms with Crippen molar-refractivity contribution >= 4 is 58.0 Å². The van der Waals surface area contributed by atoms with Gasteiger partial charge in [-0.2, -0.15) is 0 Å². The molecular formula is C23H15Cl2NO3S. The van der Waals surface area contributed by atoms with Gasteiger partial charge in [-0.25, -0.2) is 4.90 Å². The SMILES string of the molecule is COc1ccccc1N1C(=O)C(Sc2ccccc2)=C(c2ccc(Cl)cc2Cl)C1=O. The van der Waals surface area contributed by atoms with E-state index in [2.05, 4.69) is 0 Å². The zero-order valence-electron chi connectivity index (χ0n) is 15.8. The highest BCUT2D eigenvalue weighted by atomic mass is 35.5. The fourth-order valence-corrected chi connectivity index (χ4v) is 4.68. The van der Waals surface area contributed by atoms with Crippen LogP contribution in [0.5, 0.6) is 5.75 Å². The van der Waals surface area contributed by atoms with Gasteiger partial charge in [0, 0.05) is 15.5 Å². The molecule has 0 unspecified atom stereocenters.